The number of halogens is 1. The average Bonchev–Trinajstić information content (AvgIpc) is 2.65. The molecular weight excluding hydrogens is 340 g/mol. The van der Waals surface area contributed by atoms with Gasteiger partial charge in [0.05, 0.1) is 20.3 Å². The molecule has 0 bridgehead atoms. The monoisotopic (exact) mass is 362 g/mol. The van der Waals surface area contributed by atoms with Crippen LogP contribution < -0.4 is 20.1 Å². The van der Waals surface area contributed by atoms with Gasteiger partial charge in [0.2, 0.25) is 5.91 Å². The Kier molecular flexibility index (Phi) is 6.67. The van der Waals surface area contributed by atoms with Gasteiger partial charge in [0.25, 0.3) is 0 Å². The summed E-state index contributed by atoms with van der Waals surface area (Å²) in [7, 11) is 3.20. The van der Waals surface area contributed by atoms with E-state index < -0.39 is 0 Å². The molecule has 0 saturated heterocycles. The van der Waals surface area contributed by atoms with E-state index >= 15 is 0 Å². The van der Waals surface area contributed by atoms with Gasteiger partial charge in [-0.3, -0.25) is 4.79 Å². The molecule has 1 atom stereocenters. The van der Waals surface area contributed by atoms with E-state index in [2.05, 4.69) is 22.8 Å². The average molecular weight is 363 g/mol. The molecule has 25 heavy (non-hydrogen) atoms. The Morgan fingerprint density at radius 3 is 2.56 bits per heavy atom. The molecule has 1 aliphatic heterocycles. The molecule has 134 valence electrons. The smallest absolute Gasteiger partial charge is 0.237 e. The van der Waals surface area contributed by atoms with Gasteiger partial charge in [-0.05, 0) is 35.2 Å². The first-order chi connectivity index (χ1) is 11.7. The highest BCUT2D eigenvalue weighted by molar-refractivity contribution is 5.85. The topological polar surface area (TPSA) is 59.6 Å². The molecule has 0 aliphatic carbocycles. The van der Waals surface area contributed by atoms with Gasteiger partial charge < -0.3 is 20.1 Å². The third-order valence-electron chi connectivity index (χ3n) is 4.31. The second kappa shape index (κ2) is 8.74. The third-order valence-corrected chi connectivity index (χ3v) is 4.31. The number of fused-ring (bicyclic) bond motifs is 1. The van der Waals surface area contributed by atoms with Crippen molar-refractivity contribution in [2.75, 3.05) is 14.2 Å². The molecule has 5 nitrogen and oxygen atoms in total. The minimum absolute atomic E-state index is 0. The van der Waals surface area contributed by atoms with Crippen molar-refractivity contribution in [3.05, 3.63) is 59.2 Å². The van der Waals surface area contributed by atoms with Gasteiger partial charge in [-0.2, -0.15) is 0 Å². The Bertz CT molecular complexity index is 736. The molecule has 2 aromatic carbocycles. The summed E-state index contributed by atoms with van der Waals surface area (Å²) in [6.45, 7) is 1.18. The number of carbonyl (C=O) groups is 1. The zero-order valence-electron chi connectivity index (χ0n) is 14.4. The summed E-state index contributed by atoms with van der Waals surface area (Å²) >= 11 is 0. The number of amides is 1. The van der Waals surface area contributed by atoms with E-state index in [0.29, 0.717) is 24.5 Å². The molecule has 0 radical (unpaired) electrons. The molecule has 3 rings (SSSR count). The maximum Gasteiger partial charge on any atom is 0.237 e. The van der Waals surface area contributed by atoms with Crippen LogP contribution in [0.4, 0.5) is 0 Å². The maximum absolute atomic E-state index is 12.4. The zero-order valence-corrected chi connectivity index (χ0v) is 15.2. The molecule has 1 unspecified atom stereocenters. The quantitative estimate of drug-likeness (QED) is 0.857. The van der Waals surface area contributed by atoms with Crippen molar-refractivity contribution < 1.29 is 14.3 Å². The van der Waals surface area contributed by atoms with E-state index in [9.17, 15) is 4.79 Å². The Hall–Kier alpha value is -2.24. The Labute approximate surface area is 154 Å². The minimum Gasteiger partial charge on any atom is -0.493 e. The van der Waals surface area contributed by atoms with Crippen molar-refractivity contribution in [1.29, 1.82) is 0 Å². The van der Waals surface area contributed by atoms with Crippen LogP contribution in [-0.4, -0.2) is 26.2 Å². The van der Waals surface area contributed by atoms with Gasteiger partial charge in [0, 0.05) is 13.1 Å². The summed E-state index contributed by atoms with van der Waals surface area (Å²) in [4.78, 5) is 12.4. The van der Waals surface area contributed by atoms with E-state index in [1.165, 1.54) is 11.1 Å². The van der Waals surface area contributed by atoms with Crippen LogP contribution in [0.1, 0.15) is 16.7 Å². The van der Waals surface area contributed by atoms with Gasteiger partial charge >= 0.3 is 0 Å². The largest absolute Gasteiger partial charge is 0.493 e. The minimum atomic E-state index is -0.194. The lowest BCUT2D eigenvalue weighted by atomic mass is 9.95. The van der Waals surface area contributed by atoms with Crippen molar-refractivity contribution in [3.63, 3.8) is 0 Å². The van der Waals surface area contributed by atoms with Crippen molar-refractivity contribution >= 4 is 18.3 Å². The molecule has 0 spiro atoms. The van der Waals surface area contributed by atoms with E-state index in [1.54, 1.807) is 14.2 Å². The van der Waals surface area contributed by atoms with E-state index in [4.69, 9.17) is 9.47 Å². The summed E-state index contributed by atoms with van der Waals surface area (Å²) in [5.41, 5.74) is 3.47. The van der Waals surface area contributed by atoms with Crippen molar-refractivity contribution in [2.45, 2.75) is 25.6 Å². The summed E-state index contributed by atoms with van der Waals surface area (Å²) < 4.78 is 10.5. The van der Waals surface area contributed by atoms with E-state index in [1.807, 2.05) is 30.3 Å². The van der Waals surface area contributed by atoms with Gasteiger partial charge in [0.15, 0.2) is 11.5 Å². The number of benzene rings is 2. The lowest BCUT2D eigenvalue weighted by Gasteiger charge is -2.25. The van der Waals surface area contributed by atoms with Crippen LogP contribution in [0.3, 0.4) is 0 Å². The molecular formula is C19H23ClN2O3. The molecule has 2 N–H and O–H groups in total. The van der Waals surface area contributed by atoms with Crippen LogP contribution in [0.2, 0.25) is 0 Å². The number of hydrogen-bond donors (Lipinski definition) is 2. The first-order valence-electron chi connectivity index (χ1n) is 8.00. The van der Waals surface area contributed by atoms with Crippen LogP contribution in [-0.2, 0) is 24.3 Å². The SMILES string of the molecule is COc1ccc(CNC(=O)C2Cc3ccccc3CN2)cc1OC.Cl. The van der Waals surface area contributed by atoms with Gasteiger partial charge in [-0.15, -0.1) is 12.4 Å². The maximum atomic E-state index is 12.4. The summed E-state index contributed by atoms with van der Waals surface area (Å²) in [6.07, 6.45) is 0.716. The fourth-order valence-electron chi connectivity index (χ4n) is 2.94. The van der Waals surface area contributed by atoms with Crippen LogP contribution >= 0.6 is 12.4 Å². The standard InChI is InChI=1S/C19H22N2O3.ClH/c1-23-17-8-7-13(9-18(17)24-2)11-21-19(22)16-10-14-5-3-4-6-15(14)12-20-16;/h3-9,16,20H,10-12H2,1-2H3,(H,21,22);1H. The van der Waals surface area contributed by atoms with Crippen LogP contribution in [0, 0.1) is 0 Å². The second-order valence-corrected chi connectivity index (χ2v) is 5.81. The molecule has 6 heteroatoms. The highest BCUT2D eigenvalue weighted by atomic mass is 35.5. The summed E-state index contributed by atoms with van der Waals surface area (Å²) in [5, 5.41) is 6.29. The van der Waals surface area contributed by atoms with Gasteiger partial charge in [0.1, 0.15) is 0 Å². The number of methoxy groups -OCH3 is 2. The lowest BCUT2D eigenvalue weighted by Crippen LogP contribution is -2.47. The molecule has 1 aliphatic rings. The molecule has 1 heterocycles. The predicted molar refractivity (Wildman–Crippen MR) is 99.4 cm³/mol. The molecule has 1 amide bonds. The predicted octanol–water partition coefficient (Wildman–Crippen LogP) is 2.46. The number of ether oxygens (including phenoxy) is 2. The number of carbonyl (C=O) groups excluding carboxylic acids is 1. The Morgan fingerprint density at radius 2 is 1.84 bits per heavy atom. The number of rotatable bonds is 5. The number of hydrogen-bond acceptors (Lipinski definition) is 4. The first-order valence-corrected chi connectivity index (χ1v) is 8.00. The second-order valence-electron chi connectivity index (χ2n) is 5.81. The van der Waals surface area contributed by atoms with E-state index in [-0.39, 0.29) is 24.4 Å². The van der Waals surface area contributed by atoms with Gasteiger partial charge in [-0.1, -0.05) is 30.3 Å². The molecule has 2 aromatic rings. The fourth-order valence-corrected chi connectivity index (χ4v) is 2.94. The highest BCUT2D eigenvalue weighted by Gasteiger charge is 2.23. The Morgan fingerprint density at radius 1 is 1.12 bits per heavy atom. The molecule has 0 saturated carbocycles. The van der Waals surface area contributed by atoms with Crippen molar-refractivity contribution in [2.24, 2.45) is 0 Å². The number of nitrogens with one attached hydrogen (secondary N) is 2. The zero-order chi connectivity index (χ0) is 16.9. The lowest BCUT2D eigenvalue weighted by molar-refractivity contribution is -0.123. The molecule has 0 aromatic heterocycles. The molecule has 0 fully saturated rings. The van der Waals surface area contributed by atoms with Crippen molar-refractivity contribution in [3.8, 4) is 11.5 Å². The summed E-state index contributed by atoms with van der Waals surface area (Å²) in [5.74, 6) is 1.35. The van der Waals surface area contributed by atoms with Crippen molar-refractivity contribution in [1.82, 2.24) is 10.6 Å². The normalized spacial score (nSPS) is 15.5. The fraction of sp³-hybridized carbons (Fsp3) is 0.316. The van der Waals surface area contributed by atoms with Crippen LogP contribution in [0.15, 0.2) is 42.5 Å². The summed E-state index contributed by atoms with van der Waals surface area (Å²) in [6, 6.07) is 13.7. The van der Waals surface area contributed by atoms with Crippen LogP contribution in [0.25, 0.3) is 0 Å². The van der Waals surface area contributed by atoms with Gasteiger partial charge in [-0.25, -0.2) is 0 Å². The van der Waals surface area contributed by atoms with Crippen LogP contribution in [0.5, 0.6) is 11.5 Å². The van der Waals surface area contributed by atoms with E-state index in [0.717, 1.165) is 12.1 Å². The highest BCUT2D eigenvalue weighted by Crippen LogP contribution is 2.27. The first kappa shape index (κ1) is 19.1. The third kappa shape index (κ3) is 4.44. The Balaban J connectivity index is 0.00000225.